The predicted octanol–water partition coefficient (Wildman–Crippen LogP) is 5.79. The predicted molar refractivity (Wildman–Crippen MR) is 146 cm³/mol. The fraction of sp³-hybridized carbons (Fsp3) is 0.0968. The first-order valence-corrected chi connectivity index (χ1v) is 12.3. The van der Waals surface area contributed by atoms with Crippen LogP contribution < -0.4 is 4.90 Å². The van der Waals surface area contributed by atoms with Crippen LogP contribution in [0.2, 0.25) is 0 Å². The van der Waals surface area contributed by atoms with Crippen molar-refractivity contribution in [1.29, 1.82) is 0 Å². The van der Waals surface area contributed by atoms with Crippen molar-refractivity contribution in [3.63, 3.8) is 0 Å². The molecule has 4 aromatic rings. The van der Waals surface area contributed by atoms with Gasteiger partial charge in [0.25, 0.3) is 17.5 Å². The minimum Gasteiger partial charge on any atom is -0.445 e. The van der Waals surface area contributed by atoms with E-state index in [1.54, 1.807) is 42.5 Å². The highest BCUT2D eigenvalue weighted by Crippen LogP contribution is 2.31. The van der Waals surface area contributed by atoms with Crippen molar-refractivity contribution in [2.24, 2.45) is 0 Å². The van der Waals surface area contributed by atoms with E-state index in [2.05, 4.69) is 0 Å². The molecule has 5 rings (SSSR count). The smallest absolute Gasteiger partial charge is 0.339 e. The molecular weight excluding hydrogens is 512 g/mol. The first-order chi connectivity index (χ1) is 19.2. The number of nitro benzene ring substituents is 1. The van der Waals surface area contributed by atoms with Crippen LogP contribution in [0.15, 0.2) is 91.0 Å². The number of aryl methyl sites for hydroxylation is 2. The lowest BCUT2D eigenvalue weighted by atomic mass is 9.99. The summed E-state index contributed by atoms with van der Waals surface area (Å²) in [7, 11) is 0. The molecule has 40 heavy (non-hydrogen) atoms. The first-order valence-electron chi connectivity index (χ1n) is 12.3. The minimum absolute atomic E-state index is 0.0328. The molecule has 1 heterocycles. The molecule has 0 N–H and O–H groups in total. The summed E-state index contributed by atoms with van der Waals surface area (Å²) in [5, 5.41) is 11.1. The number of carbonyl (C=O) groups is 4. The zero-order valence-corrected chi connectivity index (χ0v) is 21.5. The Labute approximate surface area is 228 Å². The quantitative estimate of drug-likeness (QED) is 0.0966. The van der Waals surface area contributed by atoms with Gasteiger partial charge in [-0.3, -0.25) is 24.5 Å². The zero-order chi connectivity index (χ0) is 28.6. The van der Waals surface area contributed by atoms with E-state index in [1.165, 1.54) is 42.5 Å². The van der Waals surface area contributed by atoms with E-state index < -0.39 is 34.6 Å². The highest BCUT2D eigenvalue weighted by Gasteiger charge is 2.38. The van der Waals surface area contributed by atoms with Crippen molar-refractivity contribution >= 4 is 34.9 Å². The van der Waals surface area contributed by atoms with Crippen molar-refractivity contribution in [1.82, 2.24) is 0 Å². The molecule has 9 nitrogen and oxygen atoms in total. The van der Waals surface area contributed by atoms with E-state index in [-0.39, 0.29) is 33.5 Å². The van der Waals surface area contributed by atoms with Gasteiger partial charge >= 0.3 is 5.97 Å². The first kappa shape index (κ1) is 26.2. The molecule has 0 saturated heterocycles. The average molecular weight is 535 g/mol. The molecule has 9 heteroatoms. The second-order valence-corrected chi connectivity index (χ2v) is 9.34. The lowest BCUT2D eigenvalue weighted by molar-refractivity contribution is -0.384. The van der Waals surface area contributed by atoms with Crippen LogP contribution in [-0.4, -0.2) is 28.5 Å². The van der Waals surface area contributed by atoms with Crippen molar-refractivity contribution in [2.45, 2.75) is 20.0 Å². The third kappa shape index (κ3) is 4.76. The van der Waals surface area contributed by atoms with Gasteiger partial charge in [0.05, 0.1) is 27.3 Å². The van der Waals surface area contributed by atoms with Gasteiger partial charge in [0.1, 0.15) is 0 Å². The highest BCUT2D eigenvalue weighted by molar-refractivity contribution is 6.34. The third-order valence-corrected chi connectivity index (χ3v) is 6.80. The normalized spacial score (nSPS) is 13.1. The molecule has 2 amide bonds. The summed E-state index contributed by atoms with van der Waals surface area (Å²) in [6.07, 6.45) is -1.41. The summed E-state index contributed by atoms with van der Waals surface area (Å²) in [6, 6.07) is 22.6. The van der Waals surface area contributed by atoms with Crippen LogP contribution in [0.5, 0.6) is 0 Å². The molecule has 4 aromatic carbocycles. The molecule has 0 saturated carbocycles. The van der Waals surface area contributed by atoms with Gasteiger partial charge in [0, 0.05) is 23.3 Å². The lowest BCUT2D eigenvalue weighted by Crippen LogP contribution is -2.29. The van der Waals surface area contributed by atoms with E-state index in [1.807, 2.05) is 19.9 Å². The number of benzene rings is 4. The third-order valence-electron chi connectivity index (χ3n) is 6.80. The number of rotatable bonds is 7. The Balaban J connectivity index is 1.46. The lowest BCUT2D eigenvalue weighted by Gasteiger charge is -2.18. The summed E-state index contributed by atoms with van der Waals surface area (Å²) in [4.78, 5) is 64.5. The number of nitro groups is 1. The fourth-order valence-electron chi connectivity index (χ4n) is 4.44. The van der Waals surface area contributed by atoms with Crippen LogP contribution in [0.25, 0.3) is 0 Å². The Bertz CT molecular complexity index is 1700. The van der Waals surface area contributed by atoms with E-state index in [0.29, 0.717) is 5.69 Å². The molecule has 1 aliphatic heterocycles. The number of hydrogen-bond donors (Lipinski definition) is 0. The number of hydrogen-bond acceptors (Lipinski definition) is 7. The highest BCUT2D eigenvalue weighted by atomic mass is 16.6. The van der Waals surface area contributed by atoms with Gasteiger partial charge < -0.3 is 4.74 Å². The summed E-state index contributed by atoms with van der Waals surface area (Å²) in [6.45, 7) is 3.80. The molecule has 0 aromatic heterocycles. The molecule has 0 aliphatic carbocycles. The summed E-state index contributed by atoms with van der Waals surface area (Å²) >= 11 is 0. The number of ether oxygens (including phenoxy) is 1. The molecular formula is C31H22N2O7. The summed E-state index contributed by atoms with van der Waals surface area (Å²) < 4.78 is 5.63. The Morgan fingerprint density at radius 2 is 1.45 bits per heavy atom. The van der Waals surface area contributed by atoms with Gasteiger partial charge in [-0.05, 0) is 67.4 Å². The number of imide groups is 1. The van der Waals surface area contributed by atoms with Crippen LogP contribution in [0.1, 0.15) is 64.2 Å². The molecule has 0 spiro atoms. The number of carbonyl (C=O) groups excluding carboxylic acids is 4. The maximum Gasteiger partial charge on any atom is 0.339 e. The molecule has 0 bridgehead atoms. The van der Waals surface area contributed by atoms with Gasteiger partial charge in [-0.25, -0.2) is 9.69 Å². The van der Waals surface area contributed by atoms with E-state index in [0.717, 1.165) is 16.0 Å². The van der Waals surface area contributed by atoms with Gasteiger partial charge in [0.2, 0.25) is 5.78 Å². The topological polar surface area (TPSA) is 124 Å². The molecule has 1 aliphatic rings. The summed E-state index contributed by atoms with van der Waals surface area (Å²) in [5.41, 5.74) is 2.83. The second-order valence-electron chi connectivity index (χ2n) is 9.34. The largest absolute Gasteiger partial charge is 0.445 e. The fourth-order valence-corrected chi connectivity index (χ4v) is 4.44. The average Bonchev–Trinajstić information content (AvgIpc) is 3.22. The van der Waals surface area contributed by atoms with E-state index in [9.17, 15) is 29.3 Å². The number of nitrogens with zero attached hydrogens (tertiary/aromatic N) is 2. The minimum atomic E-state index is -1.41. The van der Waals surface area contributed by atoms with E-state index >= 15 is 0 Å². The standard InChI is InChI=1S/C31H22N2O7/c1-18-8-12-24(16-19(18)2)32-29(35)25-15-11-22(17-26(25)30(32)36)31(37)40-28(27(34)20-6-4-3-5-7-20)21-9-13-23(14-10-21)33(38)39/h3-17,28H,1-2H3/t28-/m1/s1. The van der Waals surface area contributed by atoms with Crippen molar-refractivity contribution in [2.75, 3.05) is 4.90 Å². The van der Waals surface area contributed by atoms with Crippen molar-refractivity contribution in [3.05, 3.63) is 140 Å². The van der Waals surface area contributed by atoms with Gasteiger partial charge in [-0.1, -0.05) is 36.4 Å². The van der Waals surface area contributed by atoms with Gasteiger partial charge in [-0.2, -0.15) is 0 Å². The number of ketones is 1. The maximum absolute atomic E-state index is 13.3. The van der Waals surface area contributed by atoms with Crippen molar-refractivity contribution in [3.8, 4) is 0 Å². The molecule has 198 valence electrons. The molecule has 0 unspecified atom stereocenters. The number of amides is 2. The monoisotopic (exact) mass is 534 g/mol. The SMILES string of the molecule is Cc1ccc(N2C(=O)c3ccc(C(=O)O[C@@H](C(=O)c4ccccc4)c4ccc([N+](=O)[O-])cc4)cc3C2=O)cc1C. The molecule has 0 radical (unpaired) electrons. The number of fused-ring (bicyclic) bond motifs is 1. The van der Waals surface area contributed by atoms with Crippen LogP contribution in [0.3, 0.4) is 0 Å². The zero-order valence-electron chi connectivity index (χ0n) is 21.5. The Kier molecular flexibility index (Phi) is 6.79. The van der Waals surface area contributed by atoms with Crippen molar-refractivity contribution < 1.29 is 28.8 Å². The summed E-state index contributed by atoms with van der Waals surface area (Å²) in [5.74, 6) is -2.52. The van der Waals surface area contributed by atoms with Gasteiger partial charge in [-0.15, -0.1) is 0 Å². The number of esters is 1. The number of anilines is 1. The van der Waals surface area contributed by atoms with Gasteiger partial charge in [0.15, 0.2) is 6.10 Å². The van der Waals surface area contributed by atoms with Crippen LogP contribution >= 0.6 is 0 Å². The molecule has 1 atom stereocenters. The Morgan fingerprint density at radius 1 is 0.775 bits per heavy atom. The maximum atomic E-state index is 13.3. The van der Waals surface area contributed by atoms with Crippen LogP contribution in [0, 0.1) is 24.0 Å². The van der Waals surface area contributed by atoms with Crippen LogP contribution in [-0.2, 0) is 4.74 Å². The number of Topliss-reactive ketones (excluding diaryl/α,β-unsaturated/α-hetero) is 1. The second kappa shape index (κ2) is 10.4. The number of non-ortho nitro benzene ring substituents is 1. The van der Waals surface area contributed by atoms with E-state index in [4.69, 9.17) is 4.74 Å². The Morgan fingerprint density at radius 3 is 2.10 bits per heavy atom. The van der Waals surface area contributed by atoms with Crippen LogP contribution in [0.4, 0.5) is 11.4 Å². The molecule has 0 fully saturated rings. The Hall–Kier alpha value is -5.44.